The van der Waals surface area contributed by atoms with Crippen molar-refractivity contribution in [1.82, 2.24) is 4.98 Å². The summed E-state index contributed by atoms with van der Waals surface area (Å²) < 4.78 is 0. The maximum absolute atomic E-state index is 6.16. The number of fused-ring (bicyclic) bond motifs is 1. The number of aromatic nitrogens is 1. The molecule has 0 aliphatic rings. The van der Waals surface area contributed by atoms with Crippen molar-refractivity contribution in [3.8, 4) is 0 Å². The van der Waals surface area contributed by atoms with Crippen LogP contribution in [-0.2, 0) is 0 Å². The Kier molecular flexibility index (Phi) is 5.15. The molecule has 0 radical (unpaired) electrons. The maximum atomic E-state index is 6.16. The molecule has 0 aliphatic carbocycles. The minimum Gasteiger partial charge on any atom is -0.324 e. The standard InChI is InChI=1S/C14H15ClN2.ClH/c1-9(2)7-12(16)11-8-10-5-3-4-6-13(10)17-14(11)15;/h3-6,8,12H,1,7,16H2,2H3;1H/t12-;/m0./s1. The number of halogens is 2. The van der Waals surface area contributed by atoms with Crippen molar-refractivity contribution in [2.75, 3.05) is 0 Å². The summed E-state index contributed by atoms with van der Waals surface area (Å²) >= 11 is 6.16. The lowest BCUT2D eigenvalue weighted by Gasteiger charge is -2.14. The smallest absolute Gasteiger partial charge is 0.134 e. The van der Waals surface area contributed by atoms with Crippen LogP contribution in [0.15, 0.2) is 42.5 Å². The summed E-state index contributed by atoms with van der Waals surface area (Å²) in [5.41, 5.74) is 8.92. The Bertz CT molecular complexity index is 567. The maximum Gasteiger partial charge on any atom is 0.134 e. The molecule has 2 aromatic rings. The SMILES string of the molecule is C=C(C)C[C@H](N)c1cc2ccccc2nc1Cl.Cl. The van der Waals surface area contributed by atoms with Gasteiger partial charge < -0.3 is 5.73 Å². The largest absolute Gasteiger partial charge is 0.324 e. The Morgan fingerprint density at radius 1 is 1.44 bits per heavy atom. The second-order valence-electron chi connectivity index (χ2n) is 4.33. The first-order valence-corrected chi connectivity index (χ1v) is 5.91. The van der Waals surface area contributed by atoms with Gasteiger partial charge in [-0.05, 0) is 25.5 Å². The van der Waals surface area contributed by atoms with Gasteiger partial charge in [0.05, 0.1) is 5.52 Å². The predicted octanol–water partition coefficient (Wildman–Crippen LogP) is 4.28. The molecule has 1 aromatic carbocycles. The second kappa shape index (κ2) is 6.19. The summed E-state index contributed by atoms with van der Waals surface area (Å²) in [7, 11) is 0. The summed E-state index contributed by atoms with van der Waals surface area (Å²) in [6.45, 7) is 5.83. The normalized spacial score (nSPS) is 11.9. The van der Waals surface area contributed by atoms with Gasteiger partial charge in [0.15, 0.2) is 0 Å². The van der Waals surface area contributed by atoms with Gasteiger partial charge in [-0.25, -0.2) is 4.98 Å². The Morgan fingerprint density at radius 3 is 2.78 bits per heavy atom. The quantitative estimate of drug-likeness (QED) is 0.674. The lowest BCUT2D eigenvalue weighted by atomic mass is 10.0. The average Bonchev–Trinajstić information content (AvgIpc) is 2.27. The third-order valence-electron chi connectivity index (χ3n) is 2.67. The highest BCUT2D eigenvalue weighted by atomic mass is 35.5. The highest BCUT2D eigenvalue weighted by Crippen LogP contribution is 2.27. The van der Waals surface area contributed by atoms with E-state index in [0.717, 1.165) is 28.5 Å². The summed E-state index contributed by atoms with van der Waals surface area (Å²) in [4.78, 5) is 4.36. The van der Waals surface area contributed by atoms with Gasteiger partial charge in [0.2, 0.25) is 0 Å². The van der Waals surface area contributed by atoms with Crippen molar-refractivity contribution in [3.05, 3.63) is 53.2 Å². The molecule has 4 heteroatoms. The van der Waals surface area contributed by atoms with Crippen molar-refractivity contribution in [2.24, 2.45) is 5.73 Å². The molecule has 0 fully saturated rings. The molecule has 1 heterocycles. The fraction of sp³-hybridized carbons (Fsp3) is 0.214. The number of hydrogen-bond acceptors (Lipinski definition) is 2. The first-order chi connectivity index (χ1) is 8.08. The molecule has 0 saturated carbocycles. The Labute approximate surface area is 118 Å². The van der Waals surface area contributed by atoms with Crippen LogP contribution in [0.3, 0.4) is 0 Å². The van der Waals surface area contributed by atoms with Crippen LogP contribution >= 0.6 is 24.0 Å². The molecule has 96 valence electrons. The van der Waals surface area contributed by atoms with Gasteiger partial charge in [0.1, 0.15) is 5.15 Å². The summed E-state index contributed by atoms with van der Waals surface area (Å²) in [6, 6.07) is 9.74. The molecule has 0 unspecified atom stereocenters. The zero-order valence-corrected chi connectivity index (χ0v) is 11.8. The topological polar surface area (TPSA) is 38.9 Å². The fourth-order valence-electron chi connectivity index (χ4n) is 1.85. The third-order valence-corrected chi connectivity index (χ3v) is 2.98. The van der Waals surface area contributed by atoms with Crippen LogP contribution in [0.5, 0.6) is 0 Å². The van der Waals surface area contributed by atoms with Crippen LogP contribution in [0, 0.1) is 0 Å². The van der Waals surface area contributed by atoms with Crippen molar-refractivity contribution in [1.29, 1.82) is 0 Å². The van der Waals surface area contributed by atoms with Gasteiger partial charge in [-0.3, -0.25) is 0 Å². The molecule has 1 aromatic heterocycles. The monoisotopic (exact) mass is 282 g/mol. The van der Waals surface area contributed by atoms with E-state index in [1.165, 1.54) is 0 Å². The van der Waals surface area contributed by atoms with E-state index in [9.17, 15) is 0 Å². The van der Waals surface area contributed by atoms with Crippen molar-refractivity contribution >= 4 is 34.9 Å². The minimum atomic E-state index is -0.142. The van der Waals surface area contributed by atoms with Gasteiger partial charge in [0, 0.05) is 17.0 Å². The highest BCUT2D eigenvalue weighted by molar-refractivity contribution is 6.30. The number of pyridine rings is 1. The molecule has 2 nitrogen and oxygen atoms in total. The van der Waals surface area contributed by atoms with Crippen molar-refractivity contribution < 1.29 is 0 Å². The van der Waals surface area contributed by atoms with Crippen LogP contribution < -0.4 is 5.73 Å². The lowest BCUT2D eigenvalue weighted by molar-refractivity contribution is 0.715. The lowest BCUT2D eigenvalue weighted by Crippen LogP contribution is -2.11. The number of nitrogens with two attached hydrogens (primary N) is 1. The zero-order chi connectivity index (χ0) is 12.4. The van der Waals surface area contributed by atoms with Crippen LogP contribution in [0.2, 0.25) is 5.15 Å². The number of rotatable bonds is 3. The van der Waals surface area contributed by atoms with Gasteiger partial charge in [0.25, 0.3) is 0 Å². The minimum absolute atomic E-state index is 0. The molecule has 2 N–H and O–H groups in total. The van der Waals surface area contributed by atoms with Gasteiger partial charge in [-0.2, -0.15) is 0 Å². The van der Waals surface area contributed by atoms with Crippen LogP contribution in [-0.4, -0.2) is 4.98 Å². The van der Waals surface area contributed by atoms with E-state index in [1.54, 1.807) is 0 Å². The van der Waals surface area contributed by atoms with E-state index in [2.05, 4.69) is 11.6 Å². The summed E-state index contributed by atoms with van der Waals surface area (Å²) in [5.74, 6) is 0. The molecule has 0 aliphatic heterocycles. The van der Waals surface area contributed by atoms with E-state index in [1.807, 2.05) is 37.3 Å². The van der Waals surface area contributed by atoms with Crippen molar-refractivity contribution in [3.63, 3.8) is 0 Å². The number of nitrogens with zero attached hydrogens (tertiary/aromatic N) is 1. The molecular formula is C14H16Cl2N2. The molecule has 0 saturated heterocycles. The number of para-hydroxylation sites is 1. The Hall–Kier alpha value is -1.09. The molecule has 0 amide bonds. The van der Waals surface area contributed by atoms with E-state index in [0.29, 0.717) is 5.15 Å². The van der Waals surface area contributed by atoms with Crippen LogP contribution in [0.1, 0.15) is 24.9 Å². The molecule has 2 rings (SSSR count). The van der Waals surface area contributed by atoms with Crippen LogP contribution in [0.4, 0.5) is 0 Å². The van der Waals surface area contributed by atoms with Gasteiger partial charge in [-0.1, -0.05) is 35.4 Å². The van der Waals surface area contributed by atoms with Crippen LogP contribution in [0.25, 0.3) is 10.9 Å². The summed E-state index contributed by atoms with van der Waals surface area (Å²) in [5, 5.41) is 1.54. The number of benzene rings is 1. The van der Waals surface area contributed by atoms with E-state index in [-0.39, 0.29) is 18.4 Å². The van der Waals surface area contributed by atoms with E-state index >= 15 is 0 Å². The molecule has 1 atom stereocenters. The predicted molar refractivity (Wildman–Crippen MR) is 80.4 cm³/mol. The molecule has 0 bridgehead atoms. The fourth-order valence-corrected chi connectivity index (χ4v) is 2.14. The average molecular weight is 283 g/mol. The first kappa shape index (κ1) is 15.0. The molecular weight excluding hydrogens is 267 g/mol. The molecule has 0 spiro atoms. The second-order valence-corrected chi connectivity index (χ2v) is 4.69. The van der Waals surface area contributed by atoms with E-state index in [4.69, 9.17) is 17.3 Å². The molecule has 18 heavy (non-hydrogen) atoms. The van der Waals surface area contributed by atoms with Gasteiger partial charge >= 0.3 is 0 Å². The number of hydrogen-bond donors (Lipinski definition) is 1. The first-order valence-electron chi connectivity index (χ1n) is 5.53. The Morgan fingerprint density at radius 2 is 2.11 bits per heavy atom. The highest BCUT2D eigenvalue weighted by Gasteiger charge is 2.12. The third kappa shape index (κ3) is 3.22. The zero-order valence-electron chi connectivity index (χ0n) is 10.2. The Balaban J connectivity index is 0.00000162. The van der Waals surface area contributed by atoms with E-state index < -0.39 is 0 Å². The summed E-state index contributed by atoms with van der Waals surface area (Å²) in [6.07, 6.45) is 0.722. The van der Waals surface area contributed by atoms with Gasteiger partial charge in [-0.15, -0.1) is 19.0 Å². The van der Waals surface area contributed by atoms with Crippen molar-refractivity contribution in [2.45, 2.75) is 19.4 Å².